The molecule has 2 atom stereocenters. The number of carbonyl (C=O) groups is 1. The molecule has 5 rings (SSSR count). The van der Waals surface area contributed by atoms with E-state index in [9.17, 15) is 4.79 Å². The number of aromatic nitrogens is 3. The molecule has 0 saturated heterocycles. The Hall–Kier alpha value is -2.21. The zero-order valence-corrected chi connectivity index (χ0v) is 17.0. The van der Waals surface area contributed by atoms with Crippen LogP contribution in [0.2, 0.25) is 0 Å². The number of carbonyl (C=O) groups excluding carboxylic acids is 1. The Morgan fingerprint density at radius 1 is 1.00 bits per heavy atom. The number of benzene rings is 1. The lowest BCUT2D eigenvalue weighted by Crippen LogP contribution is -2.48. The highest BCUT2D eigenvalue weighted by Crippen LogP contribution is 2.42. The number of rotatable bonds is 3. The first-order chi connectivity index (χ1) is 14.2. The first-order valence-corrected chi connectivity index (χ1v) is 11.3. The summed E-state index contributed by atoms with van der Waals surface area (Å²) >= 11 is 0. The van der Waals surface area contributed by atoms with Crippen LogP contribution in [0.3, 0.4) is 0 Å². The third kappa shape index (κ3) is 3.70. The molecule has 3 N–H and O–H groups in total. The average Bonchev–Trinajstić information content (AvgIpc) is 2.96. The van der Waals surface area contributed by atoms with Crippen LogP contribution in [0, 0.1) is 17.8 Å². The average molecular weight is 394 g/mol. The summed E-state index contributed by atoms with van der Waals surface area (Å²) in [4.78, 5) is 12.9. The van der Waals surface area contributed by atoms with Crippen LogP contribution in [0.5, 0.6) is 0 Å². The number of aryl methyl sites for hydroxylation is 1. The Morgan fingerprint density at radius 3 is 2.52 bits per heavy atom. The lowest BCUT2D eigenvalue weighted by atomic mass is 9.65. The van der Waals surface area contributed by atoms with E-state index in [0.29, 0.717) is 17.9 Å². The Morgan fingerprint density at radius 2 is 1.76 bits per heavy atom. The highest BCUT2D eigenvalue weighted by Gasteiger charge is 2.40. The van der Waals surface area contributed by atoms with Gasteiger partial charge in [-0.2, -0.15) is 0 Å². The Labute approximate surface area is 172 Å². The summed E-state index contributed by atoms with van der Waals surface area (Å²) in [7, 11) is 0. The summed E-state index contributed by atoms with van der Waals surface area (Å²) in [6, 6.07) is 8.36. The van der Waals surface area contributed by atoms with Crippen molar-refractivity contribution in [3.05, 3.63) is 30.1 Å². The smallest absolute Gasteiger partial charge is 0.227 e. The van der Waals surface area contributed by atoms with Crippen molar-refractivity contribution >= 4 is 11.6 Å². The molecule has 6 nitrogen and oxygen atoms in total. The number of nitrogens with two attached hydrogens (primary N) is 1. The van der Waals surface area contributed by atoms with Crippen LogP contribution in [0.1, 0.15) is 57.2 Å². The van der Waals surface area contributed by atoms with Gasteiger partial charge in [0.1, 0.15) is 5.82 Å². The molecule has 2 aromatic rings. The van der Waals surface area contributed by atoms with Gasteiger partial charge in [0.25, 0.3) is 0 Å². The van der Waals surface area contributed by atoms with Crippen molar-refractivity contribution in [2.75, 3.05) is 5.32 Å². The van der Waals surface area contributed by atoms with Gasteiger partial charge in [-0.15, -0.1) is 10.2 Å². The van der Waals surface area contributed by atoms with Crippen molar-refractivity contribution in [2.24, 2.45) is 23.5 Å². The van der Waals surface area contributed by atoms with Gasteiger partial charge in [-0.25, -0.2) is 0 Å². The fourth-order valence-electron chi connectivity index (χ4n) is 5.65. The second kappa shape index (κ2) is 7.90. The molecule has 6 heteroatoms. The number of fused-ring (bicyclic) bond motifs is 3. The summed E-state index contributed by atoms with van der Waals surface area (Å²) in [5.74, 6) is 3.31. The van der Waals surface area contributed by atoms with Crippen LogP contribution >= 0.6 is 0 Å². The van der Waals surface area contributed by atoms with E-state index < -0.39 is 0 Å². The zero-order valence-electron chi connectivity index (χ0n) is 17.0. The van der Waals surface area contributed by atoms with Gasteiger partial charge in [-0.1, -0.05) is 12.8 Å². The Bertz CT molecular complexity index is 860. The first kappa shape index (κ1) is 18.8. The third-order valence-corrected chi connectivity index (χ3v) is 7.30. The second-order valence-electron chi connectivity index (χ2n) is 9.17. The molecule has 3 aliphatic rings. The summed E-state index contributed by atoms with van der Waals surface area (Å²) in [6.45, 7) is 0.988. The van der Waals surface area contributed by atoms with Gasteiger partial charge in [-0.3, -0.25) is 4.79 Å². The summed E-state index contributed by atoms with van der Waals surface area (Å²) in [5.41, 5.74) is 8.29. The molecule has 2 unspecified atom stereocenters. The molecule has 2 saturated carbocycles. The molecule has 0 radical (unpaired) electrons. The normalized spacial score (nSPS) is 29.0. The number of hydrogen-bond donors (Lipinski definition) is 2. The monoisotopic (exact) mass is 393 g/mol. The zero-order chi connectivity index (χ0) is 19.8. The molecular weight excluding hydrogens is 362 g/mol. The minimum absolute atomic E-state index is 0.0945. The summed E-state index contributed by atoms with van der Waals surface area (Å²) in [5, 5.41) is 12.0. The standard InChI is InChI=1S/C23H31N5O/c24-21-16-5-4-6-17(21)14-18(13-16)23(29)25-19-10-8-15(9-11-19)22-27-26-20-7-2-1-3-12-28(20)22/h8-11,16-18,21H,1-7,12-14,24H2,(H,25,29). The number of nitrogens with zero attached hydrogens (tertiary/aromatic N) is 3. The van der Waals surface area contributed by atoms with E-state index in [1.807, 2.05) is 24.3 Å². The Kier molecular flexibility index (Phi) is 5.12. The van der Waals surface area contributed by atoms with E-state index >= 15 is 0 Å². The van der Waals surface area contributed by atoms with Crippen LogP contribution in [-0.2, 0) is 17.8 Å². The highest BCUT2D eigenvalue weighted by atomic mass is 16.1. The molecule has 1 amide bonds. The minimum Gasteiger partial charge on any atom is -0.327 e. The molecule has 2 aliphatic carbocycles. The van der Waals surface area contributed by atoms with Crippen LogP contribution in [0.15, 0.2) is 24.3 Å². The van der Waals surface area contributed by atoms with E-state index in [4.69, 9.17) is 5.73 Å². The van der Waals surface area contributed by atoms with E-state index in [1.165, 1.54) is 38.5 Å². The fourth-order valence-corrected chi connectivity index (χ4v) is 5.65. The predicted octanol–water partition coefficient (Wildman–Crippen LogP) is 3.76. The second-order valence-corrected chi connectivity index (χ2v) is 9.17. The maximum Gasteiger partial charge on any atom is 0.227 e. The minimum atomic E-state index is 0.0945. The van der Waals surface area contributed by atoms with Gasteiger partial charge in [0.05, 0.1) is 0 Å². The van der Waals surface area contributed by atoms with Gasteiger partial charge in [0.2, 0.25) is 5.91 Å². The SMILES string of the molecule is NC1C2CCCC1CC(C(=O)Nc1ccc(-c3nnc4n3CCCCC4)cc1)C2. The molecule has 154 valence electrons. The van der Waals surface area contributed by atoms with Crippen LogP contribution < -0.4 is 11.1 Å². The molecule has 2 fully saturated rings. The maximum absolute atomic E-state index is 12.9. The van der Waals surface area contributed by atoms with Gasteiger partial charge in [-0.05, 0) is 74.6 Å². The largest absolute Gasteiger partial charge is 0.327 e. The van der Waals surface area contributed by atoms with E-state index in [0.717, 1.165) is 48.7 Å². The van der Waals surface area contributed by atoms with Gasteiger partial charge in [0, 0.05) is 36.2 Å². The molecule has 1 aromatic carbocycles. The lowest BCUT2D eigenvalue weighted by Gasteiger charge is -2.43. The molecule has 1 aromatic heterocycles. The molecule has 29 heavy (non-hydrogen) atoms. The van der Waals surface area contributed by atoms with Crippen LogP contribution in [0.25, 0.3) is 11.4 Å². The molecular formula is C23H31N5O. The van der Waals surface area contributed by atoms with Crippen LogP contribution in [-0.4, -0.2) is 26.7 Å². The predicted molar refractivity (Wildman–Crippen MR) is 113 cm³/mol. The van der Waals surface area contributed by atoms with E-state index in [-0.39, 0.29) is 11.8 Å². The summed E-state index contributed by atoms with van der Waals surface area (Å²) < 4.78 is 2.25. The van der Waals surface area contributed by atoms with E-state index in [1.54, 1.807) is 0 Å². The maximum atomic E-state index is 12.9. The topological polar surface area (TPSA) is 85.8 Å². The Balaban J connectivity index is 1.27. The van der Waals surface area contributed by atoms with Crippen molar-refractivity contribution in [3.63, 3.8) is 0 Å². The highest BCUT2D eigenvalue weighted by molar-refractivity contribution is 5.92. The summed E-state index contributed by atoms with van der Waals surface area (Å²) in [6.07, 6.45) is 10.1. The van der Waals surface area contributed by atoms with Crippen molar-refractivity contribution in [1.29, 1.82) is 0 Å². The molecule has 2 bridgehead atoms. The third-order valence-electron chi connectivity index (χ3n) is 7.30. The number of nitrogens with one attached hydrogen (secondary N) is 1. The molecule has 1 aliphatic heterocycles. The van der Waals surface area contributed by atoms with E-state index in [2.05, 4.69) is 20.1 Å². The number of hydrogen-bond acceptors (Lipinski definition) is 4. The van der Waals surface area contributed by atoms with Crippen LogP contribution in [0.4, 0.5) is 5.69 Å². The first-order valence-electron chi connectivity index (χ1n) is 11.3. The number of amides is 1. The van der Waals surface area contributed by atoms with Gasteiger partial charge in [0.15, 0.2) is 5.82 Å². The van der Waals surface area contributed by atoms with Crippen molar-refractivity contribution < 1.29 is 4.79 Å². The van der Waals surface area contributed by atoms with Gasteiger partial charge >= 0.3 is 0 Å². The quantitative estimate of drug-likeness (QED) is 0.831. The number of anilines is 1. The van der Waals surface area contributed by atoms with Crippen molar-refractivity contribution in [3.8, 4) is 11.4 Å². The fraction of sp³-hybridized carbons (Fsp3) is 0.609. The molecule has 0 spiro atoms. The molecule has 2 heterocycles. The lowest BCUT2D eigenvalue weighted by molar-refractivity contribution is -0.122. The van der Waals surface area contributed by atoms with Crippen molar-refractivity contribution in [1.82, 2.24) is 14.8 Å². The van der Waals surface area contributed by atoms with Gasteiger partial charge < -0.3 is 15.6 Å². The van der Waals surface area contributed by atoms with Crippen molar-refractivity contribution in [2.45, 2.75) is 70.4 Å².